The van der Waals surface area contributed by atoms with Gasteiger partial charge >= 0.3 is 5.97 Å². The van der Waals surface area contributed by atoms with Crippen LogP contribution in [0, 0.1) is 3.57 Å². The molecule has 8 heteroatoms. The van der Waals surface area contributed by atoms with E-state index in [0.29, 0.717) is 0 Å². The van der Waals surface area contributed by atoms with Gasteiger partial charge in [0.2, 0.25) is 0 Å². The fourth-order valence-corrected chi connectivity index (χ4v) is 2.90. The number of pyridine rings is 1. The Labute approximate surface area is 129 Å². The number of hydrogen-bond acceptors (Lipinski definition) is 4. The molecule has 1 aromatic heterocycles. The van der Waals surface area contributed by atoms with Crippen molar-refractivity contribution in [3.8, 4) is 0 Å². The molecule has 1 aromatic carbocycles. The summed E-state index contributed by atoms with van der Waals surface area (Å²) in [6, 6.07) is 8.99. The lowest BCUT2D eigenvalue weighted by Crippen LogP contribution is -2.16. The number of halogens is 1. The van der Waals surface area contributed by atoms with E-state index < -0.39 is 16.0 Å². The van der Waals surface area contributed by atoms with Gasteiger partial charge in [-0.1, -0.05) is 0 Å². The van der Waals surface area contributed by atoms with Gasteiger partial charge in [-0.2, -0.15) is 0 Å². The maximum absolute atomic E-state index is 12.2. The Balaban J connectivity index is 2.38. The lowest BCUT2D eigenvalue weighted by atomic mass is 10.3. The number of nitrogens with one attached hydrogen (secondary N) is 1. The third-order valence-corrected chi connectivity index (χ3v) is 4.48. The van der Waals surface area contributed by atoms with Gasteiger partial charge in [0.25, 0.3) is 10.0 Å². The number of carboxylic acids is 1. The molecule has 0 bridgehead atoms. The molecule has 6 nitrogen and oxygen atoms in total. The van der Waals surface area contributed by atoms with Gasteiger partial charge in [0.15, 0.2) is 5.69 Å². The van der Waals surface area contributed by atoms with Gasteiger partial charge in [0.1, 0.15) is 0 Å². The highest BCUT2D eigenvalue weighted by molar-refractivity contribution is 14.1. The molecule has 0 aliphatic carbocycles. The second kappa shape index (κ2) is 5.75. The van der Waals surface area contributed by atoms with E-state index in [4.69, 9.17) is 5.11 Å². The average molecular weight is 404 g/mol. The van der Waals surface area contributed by atoms with Gasteiger partial charge in [-0.3, -0.25) is 4.72 Å². The number of sulfonamides is 1. The Morgan fingerprint density at radius 2 is 1.85 bits per heavy atom. The summed E-state index contributed by atoms with van der Waals surface area (Å²) >= 11 is 2.06. The highest BCUT2D eigenvalue weighted by atomic mass is 127. The van der Waals surface area contributed by atoms with Crippen LogP contribution in [0.2, 0.25) is 0 Å². The molecule has 2 aromatic rings. The Bertz CT molecular complexity index is 744. The summed E-state index contributed by atoms with van der Waals surface area (Å²) in [6.07, 6.45) is 1.28. The molecule has 0 amide bonds. The number of anilines is 1. The standard InChI is InChI=1S/C12H9IN2O4S/c13-8-3-5-9(6-4-8)20(18,19)15-10-2-1-7-14-11(10)12(16)17/h1-7,15H,(H,16,17). The number of rotatable bonds is 4. The van der Waals surface area contributed by atoms with E-state index in [0.717, 1.165) is 3.57 Å². The molecule has 0 aliphatic rings. The van der Waals surface area contributed by atoms with Crippen LogP contribution in [0.1, 0.15) is 10.5 Å². The zero-order chi connectivity index (χ0) is 14.8. The topological polar surface area (TPSA) is 96.4 Å². The van der Waals surface area contributed by atoms with Crippen molar-refractivity contribution in [1.82, 2.24) is 4.98 Å². The molecule has 0 saturated heterocycles. The van der Waals surface area contributed by atoms with Crippen LogP contribution in [-0.4, -0.2) is 24.5 Å². The molecular weight excluding hydrogens is 395 g/mol. The number of hydrogen-bond donors (Lipinski definition) is 2. The van der Waals surface area contributed by atoms with Crippen molar-refractivity contribution < 1.29 is 18.3 Å². The first-order valence-electron chi connectivity index (χ1n) is 5.37. The van der Waals surface area contributed by atoms with Crippen molar-refractivity contribution in [3.63, 3.8) is 0 Å². The number of benzene rings is 1. The summed E-state index contributed by atoms with van der Waals surface area (Å²) in [5, 5.41) is 8.97. The minimum Gasteiger partial charge on any atom is -0.476 e. The van der Waals surface area contributed by atoms with Crippen LogP contribution in [0.5, 0.6) is 0 Å². The van der Waals surface area contributed by atoms with E-state index in [1.54, 1.807) is 12.1 Å². The molecule has 0 aliphatic heterocycles. The molecule has 0 fully saturated rings. The Morgan fingerprint density at radius 3 is 2.45 bits per heavy atom. The van der Waals surface area contributed by atoms with Crippen LogP contribution in [0.4, 0.5) is 5.69 Å². The summed E-state index contributed by atoms with van der Waals surface area (Å²) in [4.78, 5) is 14.7. The molecule has 2 rings (SSSR count). The van der Waals surface area contributed by atoms with Crippen molar-refractivity contribution >= 4 is 44.3 Å². The maximum atomic E-state index is 12.2. The van der Waals surface area contributed by atoms with Crippen LogP contribution in [-0.2, 0) is 10.0 Å². The van der Waals surface area contributed by atoms with Gasteiger partial charge in [-0.15, -0.1) is 0 Å². The fourth-order valence-electron chi connectivity index (χ4n) is 1.48. The second-order valence-corrected chi connectivity index (χ2v) is 6.69. The van der Waals surface area contributed by atoms with Crippen LogP contribution >= 0.6 is 22.6 Å². The Morgan fingerprint density at radius 1 is 1.20 bits per heavy atom. The summed E-state index contributed by atoms with van der Waals surface area (Å²) in [6.45, 7) is 0. The monoisotopic (exact) mass is 404 g/mol. The smallest absolute Gasteiger partial charge is 0.356 e. The molecule has 104 valence electrons. The first-order valence-corrected chi connectivity index (χ1v) is 7.93. The maximum Gasteiger partial charge on any atom is 0.356 e. The van der Waals surface area contributed by atoms with E-state index >= 15 is 0 Å². The van der Waals surface area contributed by atoms with Gasteiger partial charge in [-0.25, -0.2) is 18.2 Å². The van der Waals surface area contributed by atoms with E-state index in [2.05, 4.69) is 32.3 Å². The second-order valence-electron chi connectivity index (χ2n) is 3.76. The van der Waals surface area contributed by atoms with Crippen LogP contribution < -0.4 is 4.72 Å². The van der Waals surface area contributed by atoms with Crippen LogP contribution in [0.3, 0.4) is 0 Å². The summed E-state index contributed by atoms with van der Waals surface area (Å²) in [5.41, 5.74) is -0.417. The van der Waals surface area contributed by atoms with Gasteiger partial charge < -0.3 is 5.11 Å². The van der Waals surface area contributed by atoms with Crippen LogP contribution in [0.25, 0.3) is 0 Å². The zero-order valence-electron chi connectivity index (χ0n) is 9.95. The van der Waals surface area contributed by atoms with Gasteiger partial charge in [0.05, 0.1) is 10.6 Å². The van der Waals surface area contributed by atoms with E-state index in [1.807, 2.05) is 0 Å². The molecule has 0 saturated carbocycles. The molecule has 0 radical (unpaired) electrons. The first kappa shape index (κ1) is 14.7. The highest BCUT2D eigenvalue weighted by Crippen LogP contribution is 2.19. The largest absolute Gasteiger partial charge is 0.476 e. The molecule has 0 spiro atoms. The van der Waals surface area contributed by atoms with Crippen molar-refractivity contribution in [2.45, 2.75) is 4.90 Å². The normalized spacial score (nSPS) is 11.1. The SMILES string of the molecule is O=C(O)c1ncccc1NS(=O)(=O)c1ccc(I)cc1. The minimum atomic E-state index is -3.84. The van der Waals surface area contributed by atoms with Gasteiger partial charge in [0, 0.05) is 9.77 Å². The van der Waals surface area contributed by atoms with E-state index in [9.17, 15) is 13.2 Å². The Kier molecular flexibility index (Phi) is 4.23. The Hall–Kier alpha value is -1.68. The summed E-state index contributed by atoms with van der Waals surface area (Å²) in [5.74, 6) is -1.30. The first-order chi connectivity index (χ1) is 9.40. The average Bonchev–Trinajstić information content (AvgIpc) is 2.39. The predicted octanol–water partition coefficient (Wildman–Crippen LogP) is 2.19. The minimum absolute atomic E-state index is 0.0538. The number of aromatic nitrogens is 1. The molecular formula is C12H9IN2O4S. The summed E-state index contributed by atoms with van der Waals surface area (Å²) < 4.78 is 27.4. The number of nitrogens with zero attached hydrogens (tertiary/aromatic N) is 1. The predicted molar refractivity (Wildman–Crippen MR) is 81.2 cm³/mol. The van der Waals surface area contributed by atoms with E-state index in [1.165, 1.54) is 30.5 Å². The quantitative estimate of drug-likeness (QED) is 0.762. The molecule has 0 atom stereocenters. The molecule has 0 unspecified atom stereocenters. The number of carboxylic acid groups (broad SMARTS) is 1. The third-order valence-electron chi connectivity index (χ3n) is 2.38. The lowest BCUT2D eigenvalue weighted by Gasteiger charge is -2.09. The third kappa shape index (κ3) is 3.25. The molecule has 1 heterocycles. The van der Waals surface area contributed by atoms with Crippen molar-refractivity contribution in [2.75, 3.05) is 4.72 Å². The highest BCUT2D eigenvalue weighted by Gasteiger charge is 2.18. The van der Waals surface area contributed by atoms with Crippen molar-refractivity contribution in [3.05, 3.63) is 51.9 Å². The van der Waals surface area contributed by atoms with Gasteiger partial charge in [-0.05, 0) is 59.0 Å². The lowest BCUT2D eigenvalue weighted by molar-refractivity contribution is 0.0692. The molecule has 20 heavy (non-hydrogen) atoms. The van der Waals surface area contributed by atoms with Crippen molar-refractivity contribution in [1.29, 1.82) is 0 Å². The summed E-state index contributed by atoms with van der Waals surface area (Å²) in [7, 11) is -3.84. The fraction of sp³-hybridized carbons (Fsp3) is 0. The number of carbonyl (C=O) groups is 1. The van der Waals surface area contributed by atoms with Crippen molar-refractivity contribution in [2.24, 2.45) is 0 Å². The van der Waals surface area contributed by atoms with Crippen LogP contribution in [0.15, 0.2) is 47.5 Å². The number of aromatic carboxylic acids is 1. The molecule has 2 N–H and O–H groups in total. The zero-order valence-corrected chi connectivity index (χ0v) is 12.9. The van der Waals surface area contributed by atoms with E-state index in [-0.39, 0.29) is 16.3 Å².